The van der Waals surface area contributed by atoms with Crippen molar-refractivity contribution in [3.8, 4) is 0 Å². The molecule has 0 amide bonds. The van der Waals surface area contributed by atoms with Crippen molar-refractivity contribution in [3.63, 3.8) is 0 Å². The van der Waals surface area contributed by atoms with E-state index in [9.17, 15) is 8.42 Å². The Morgan fingerprint density at radius 2 is 2.06 bits per heavy atom. The number of hydrogen-bond acceptors (Lipinski definition) is 5. The molecule has 0 aromatic heterocycles. The second-order valence-corrected chi connectivity index (χ2v) is 5.46. The number of methoxy groups -OCH3 is 1. The summed E-state index contributed by atoms with van der Waals surface area (Å²) in [6.07, 6.45) is 2.05. The second kappa shape index (κ2) is 7.01. The lowest BCUT2D eigenvalue weighted by atomic mass is 10.4. The first-order chi connectivity index (χ1) is 7.64. The third-order valence-corrected chi connectivity index (χ3v) is 3.46. The van der Waals surface area contributed by atoms with E-state index < -0.39 is 9.84 Å². The van der Waals surface area contributed by atoms with E-state index in [4.69, 9.17) is 14.2 Å². The fourth-order valence-electron chi connectivity index (χ4n) is 1.29. The van der Waals surface area contributed by atoms with Crippen LogP contribution >= 0.6 is 0 Å². The summed E-state index contributed by atoms with van der Waals surface area (Å²) >= 11 is 0. The molecular formula is C10H18O5S. The first-order valence-electron chi connectivity index (χ1n) is 5.23. The maximum atomic E-state index is 11.0. The van der Waals surface area contributed by atoms with Crippen molar-refractivity contribution >= 4 is 9.84 Å². The fraction of sp³-hybridized carbons (Fsp3) is 0.800. The van der Waals surface area contributed by atoms with E-state index >= 15 is 0 Å². The fourth-order valence-corrected chi connectivity index (χ4v) is 2.48. The quantitative estimate of drug-likeness (QED) is 0.582. The van der Waals surface area contributed by atoms with Gasteiger partial charge < -0.3 is 14.2 Å². The summed E-state index contributed by atoms with van der Waals surface area (Å²) in [7, 11) is -1.38. The third-order valence-electron chi connectivity index (χ3n) is 2.09. The molecule has 1 aliphatic heterocycles. The second-order valence-electron chi connectivity index (χ2n) is 3.53. The highest BCUT2D eigenvalue weighted by Gasteiger charge is 2.21. The number of rotatable bonds is 8. The van der Waals surface area contributed by atoms with Gasteiger partial charge in [-0.1, -0.05) is 0 Å². The van der Waals surface area contributed by atoms with Crippen molar-refractivity contribution in [3.05, 3.63) is 11.5 Å². The molecule has 1 heterocycles. The first-order valence-corrected chi connectivity index (χ1v) is 6.95. The summed E-state index contributed by atoms with van der Waals surface area (Å²) in [5.74, 6) is 0.0670. The molecule has 0 aliphatic carbocycles. The molecule has 0 aromatic carbocycles. The molecule has 0 spiro atoms. The van der Waals surface area contributed by atoms with Crippen LogP contribution in [0.5, 0.6) is 0 Å². The van der Waals surface area contributed by atoms with E-state index in [-0.39, 0.29) is 11.9 Å². The van der Waals surface area contributed by atoms with Gasteiger partial charge in [0.15, 0.2) is 9.84 Å². The van der Waals surface area contributed by atoms with Gasteiger partial charge in [-0.05, 0) is 12.5 Å². The van der Waals surface area contributed by atoms with Crippen LogP contribution in [0.25, 0.3) is 0 Å². The van der Waals surface area contributed by atoms with Crippen LogP contribution in [0.4, 0.5) is 0 Å². The normalized spacial score (nSPS) is 22.7. The first kappa shape index (κ1) is 13.6. The predicted molar refractivity (Wildman–Crippen MR) is 60.0 cm³/mol. The summed E-state index contributed by atoms with van der Waals surface area (Å²) in [6, 6.07) is 0. The lowest BCUT2D eigenvalue weighted by Gasteiger charge is -2.09. The highest BCUT2D eigenvalue weighted by molar-refractivity contribution is 7.94. The Kier molecular flexibility index (Phi) is 5.97. The summed E-state index contributed by atoms with van der Waals surface area (Å²) < 4.78 is 37.5. The molecule has 0 aromatic rings. The molecule has 94 valence electrons. The highest BCUT2D eigenvalue weighted by Crippen LogP contribution is 2.11. The summed E-state index contributed by atoms with van der Waals surface area (Å²) in [5.41, 5.74) is 0. The van der Waals surface area contributed by atoms with Gasteiger partial charge in [0.05, 0.1) is 25.1 Å². The van der Waals surface area contributed by atoms with Crippen molar-refractivity contribution in [2.75, 3.05) is 39.3 Å². The molecule has 1 rings (SSSR count). The molecule has 0 radical (unpaired) electrons. The molecule has 5 nitrogen and oxygen atoms in total. The van der Waals surface area contributed by atoms with Crippen LogP contribution in [-0.4, -0.2) is 53.8 Å². The van der Waals surface area contributed by atoms with Gasteiger partial charge in [0.1, 0.15) is 0 Å². The Hall–Kier alpha value is -0.430. The molecule has 1 unspecified atom stereocenters. The highest BCUT2D eigenvalue weighted by atomic mass is 32.2. The van der Waals surface area contributed by atoms with Crippen LogP contribution < -0.4 is 0 Å². The smallest absolute Gasteiger partial charge is 0.174 e. The minimum Gasteiger partial charge on any atom is -0.382 e. The Morgan fingerprint density at radius 1 is 1.25 bits per heavy atom. The van der Waals surface area contributed by atoms with E-state index in [1.54, 1.807) is 13.2 Å². The van der Waals surface area contributed by atoms with Crippen LogP contribution in [0, 0.1) is 0 Å². The van der Waals surface area contributed by atoms with E-state index in [1.165, 1.54) is 5.41 Å². The van der Waals surface area contributed by atoms with E-state index in [0.29, 0.717) is 26.4 Å². The number of ether oxygens (including phenoxy) is 3. The Bertz CT molecular complexity index is 309. The molecule has 0 bridgehead atoms. The summed E-state index contributed by atoms with van der Waals surface area (Å²) in [5, 5.41) is 1.22. The van der Waals surface area contributed by atoms with Gasteiger partial charge >= 0.3 is 0 Å². The maximum Gasteiger partial charge on any atom is 0.174 e. The van der Waals surface area contributed by atoms with Crippen LogP contribution in [0.15, 0.2) is 11.5 Å². The number of hydrogen-bond donors (Lipinski definition) is 0. The van der Waals surface area contributed by atoms with E-state index in [2.05, 4.69) is 0 Å². The lowest BCUT2D eigenvalue weighted by molar-refractivity contribution is 0.0436. The zero-order valence-corrected chi connectivity index (χ0v) is 10.2. The molecule has 16 heavy (non-hydrogen) atoms. The minimum absolute atomic E-state index is 0.0670. The largest absolute Gasteiger partial charge is 0.382 e. The predicted octanol–water partition coefficient (Wildman–Crippen LogP) is 0.367. The van der Waals surface area contributed by atoms with E-state index in [1.807, 2.05) is 0 Å². The standard InChI is InChI=1S/C10H18O5S/c1-13-6-7-14-4-2-5-15-10-3-8-16(11,12)9-10/h3,8,10H,2,4-7,9H2,1H3. The van der Waals surface area contributed by atoms with Crippen molar-refractivity contribution in [2.45, 2.75) is 12.5 Å². The van der Waals surface area contributed by atoms with Gasteiger partial charge in [0.2, 0.25) is 0 Å². The Morgan fingerprint density at radius 3 is 2.69 bits per heavy atom. The van der Waals surface area contributed by atoms with Crippen LogP contribution in [-0.2, 0) is 24.0 Å². The van der Waals surface area contributed by atoms with Crippen LogP contribution in [0.1, 0.15) is 6.42 Å². The van der Waals surface area contributed by atoms with Gasteiger partial charge in [-0.15, -0.1) is 0 Å². The van der Waals surface area contributed by atoms with Crippen molar-refractivity contribution in [1.82, 2.24) is 0 Å². The Balaban J connectivity index is 1.95. The molecular weight excluding hydrogens is 232 g/mol. The van der Waals surface area contributed by atoms with Crippen molar-refractivity contribution in [2.24, 2.45) is 0 Å². The van der Waals surface area contributed by atoms with Crippen LogP contribution in [0.2, 0.25) is 0 Å². The van der Waals surface area contributed by atoms with Gasteiger partial charge in [-0.25, -0.2) is 8.42 Å². The minimum atomic E-state index is -3.00. The summed E-state index contributed by atoms with van der Waals surface area (Å²) in [4.78, 5) is 0. The Labute approximate surface area is 96.3 Å². The molecule has 0 N–H and O–H groups in total. The molecule has 0 saturated carbocycles. The zero-order valence-electron chi connectivity index (χ0n) is 9.42. The average molecular weight is 250 g/mol. The maximum absolute atomic E-state index is 11.0. The van der Waals surface area contributed by atoms with Crippen LogP contribution in [0.3, 0.4) is 0 Å². The number of sulfone groups is 1. The van der Waals surface area contributed by atoms with E-state index in [0.717, 1.165) is 6.42 Å². The molecule has 6 heteroatoms. The van der Waals surface area contributed by atoms with Gasteiger partial charge in [0, 0.05) is 25.7 Å². The third kappa shape index (κ3) is 5.60. The van der Waals surface area contributed by atoms with Gasteiger partial charge in [-0.2, -0.15) is 0 Å². The SMILES string of the molecule is COCCOCCCOC1C=CS(=O)(=O)C1. The van der Waals surface area contributed by atoms with Crippen molar-refractivity contribution < 1.29 is 22.6 Å². The van der Waals surface area contributed by atoms with Crippen molar-refractivity contribution in [1.29, 1.82) is 0 Å². The monoisotopic (exact) mass is 250 g/mol. The lowest BCUT2D eigenvalue weighted by Crippen LogP contribution is -2.16. The van der Waals surface area contributed by atoms with Gasteiger partial charge in [0.25, 0.3) is 0 Å². The molecule has 0 fully saturated rings. The average Bonchev–Trinajstić information content (AvgIpc) is 2.57. The topological polar surface area (TPSA) is 61.8 Å². The molecule has 1 atom stereocenters. The zero-order chi connectivity index (χ0) is 11.9. The molecule has 1 aliphatic rings. The summed E-state index contributed by atoms with van der Waals surface area (Å²) in [6.45, 7) is 2.28. The van der Waals surface area contributed by atoms with Gasteiger partial charge in [-0.3, -0.25) is 0 Å². The molecule has 0 saturated heterocycles.